The molecule has 2 aromatic carbocycles. The maximum absolute atomic E-state index is 13.5. The minimum Gasteiger partial charge on any atom is -0.497 e. The highest BCUT2D eigenvalue weighted by molar-refractivity contribution is 7.89. The van der Waals surface area contributed by atoms with E-state index in [2.05, 4.69) is 10.3 Å². The van der Waals surface area contributed by atoms with Gasteiger partial charge in [0, 0.05) is 47.9 Å². The second-order valence-corrected chi connectivity index (χ2v) is 10.8. The second kappa shape index (κ2) is 8.31. The first-order chi connectivity index (χ1) is 16.6. The van der Waals surface area contributed by atoms with E-state index in [-0.39, 0.29) is 23.9 Å². The molecule has 3 heterocycles. The van der Waals surface area contributed by atoms with Gasteiger partial charge in [-0.05, 0) is 47.5 Å². The number of nitrogens with one attached hydrogen (secondary N) is 2. The zero-order valence-electron chi connectivity index (χ0n) is 19.5. The Hall–Kier alpha value is -4.05. The van der Waals surface area contributed by atoms with Gasteiger partial charge in [0.2, 0.25) is 0 Å². The predicted octanol–water partition coefficient (Wildman–Crippen LogP) is 3.64. The van der Waals surface area contributed by atoms with E-state index in [1.807, 2.05) is 0 Å². The maximum Gasteiger partial charge on any atom is 0.326 e. The normalized spacial score (nSPS) is 12.8. The monoisotopic (exact) mass is 492 g/mol. The van der Waals surface area contributed by atoms with Crippen LogP contribution in [0.3, 0.4) is 0 Å². The fraction of sp³-hybridized carbons (Fsp3) is 0.200. The first-order valence-electron chi connectivity index (χ1n) is 10.9. The Kier molecular flexibility index (Phi) is 5.40. The van der Waals surface area contributed by atoms with Crippen LogP contribution in [0.15, 0.2) is 59.7 Å². The Morgan fingerprint density at radius 1 is 1.14 bits per heavy atom. The lowest BCUT2D eigenvalue weighted by Gasteiger charge is -2.24. The topological polar surface area (TPSA) is 114 Å². The van der Waals surface area contributed by atoms with Crippen LogP contribution in [0.5, 0.6) is 5.75 Å². The molecule has 0 atom stereocenters. The summed E-state index contributed by atoms with van der Waals surface area (Å²) in [5.74, 6) is 0.542. The molecule has 1 aliphatic rings. The van der Waals surface area contributed by atoms with Gasteiger partial charge in [-0.25, -0.2) is 13.2 Å². The molecule has 180 valence electrons. The number of sulfone groups is 1. The predicted molar refractivity (Wildman–Crippen MR) is 136 cm³/mol. The first kappa shape index (κ1) is 22.7. The number of aromatic nitrogens is 2. The fourth-order valence-electron chi connectivity index (χ4n) is 4.49. The summed E-state index contributed by atoms with van der Waals surface area (Å²) in [6, 6.07) is 11.9. The van der Waals surface area contributed by atoms with Gasteiger partial charge in [-0.1, -0.05) is 6.07 Å². The molecule has 0 saturated carbocycles. The molecule has 9 nitrogen and oxygen atoms in total. The van der Waals surface area contributed by atoms with Crippen molar-refractivity contribution in [2.24, 2.45) is 7.05 Å². The molecular weight excluding hydrogens is 468 g/mol. The number of aromatic amines is 1. The van der Waals surface area contributed by atoms with Crippen LogP contribution >= 0.6 is 0 Å². The summed E-state index contributed by atoms with van der Waals surface area (Å²) >= 11 is 0. The average molecular weight is 493 g/mol. The summed E-state index contributed by atoms with van der Waals surface area (Å²) in [5, 5.41) is 3.64. The number of benzene rings is 2. The maximum atomic E-state index is 13.5. The molecule has 10 heteroatoms. The summed E-state index contributed by atoms with van der Waals surface area (Å²) in [6.45, 7) is 0.223. The number of hydrogen-bond acceptors (Lipinski definition) is 5. The van der Waals surface area contributed by atoms with Crippen molar-refractivity contribution in [1.29, 1.82) is 0 Å². The third-order valence-corrected chi connectivity index (χ3v) is 6.93. The zero-order valence-corrected chi connectivity index (χ0v) is 20.3. The number of nitrogens with zero attached hydrogens (tertiary/aromatic N) is 2. The van der Waals surface area contributed by atoms with Crippen LogP contribution in [0, 0.1) is 0 Å². The molecule has 0 fully saturated rings. The quantitative estimate of drug-likeness (QED) is 0.452. The van der Waals surface area contributed by atoms with E-state index < -0.39 is 9.84 Å². The van der Waals surface area contributed by atoms with Crippen LogP contribution in [0.25, 0.3) is 22.0 Å². The van der Waals surface area contributed by atoms with Gasteiger partial charge in [0.05, 0.1) is 25.1 Å². The summed E-state index contributed by atoms with van der Waals surface area (Å²) < 4.78 is 30.6. The van der Waals surface area contributed by atoms with Crippen molar-refractivity contribution in [2.45, 2.75) is 12.3 Å². The van der Waals surface area contributed by atoms with Crippen LogP contribution in [0.1, 0.15) is 11.1 Å². The van der Waals surface area contributed by atoms with Gasteiger partial charge in [0.15, 0.2) is 9.84 Å². The molecule has 35 heavy (non-hydrogen) atoms. The summed E-state index contributed by atoms with van der Waals surface area (Å²) in [6.07, 6.45) is 4.66. The Morgan fingerprint density at radius 3 is 2.57 bits per heavy atom. The van der Waals surface area contributed by atoms with E-state index in [9.17, 15) is 18.0 Å². The van der Waals surface area contributed by atoms with Gasteiger partial charge < -0.3 is 19.6 Å². The number of urea groups is 1. The largest absolute Gasteiger partial charge is 0.497 e. The molecule has 0 bridgehead atoms. The number of ether oxygens (including phenoxy) is 1. The SMILES string of the molecule is COc1ccc(NC(=O)N2Cc3c[nH]c4c(=O)n(C)cc(c34)-c3cc(CS(C)(=O)=O)ccc32)cc1. The lowest BCUT2D eigenvalue weighted by Crippen LogP contribution is -2.34. The third kappa shape index (κ3) is 4.17. The van der Waals surface area contributed by atoms with Gasteiger partial charge in [0.25, 0.3) is 5.56 Å². The summed E-state index contributed by atoms with van der Waals surface area (Å²) in [7, 11) is -0.0337. The standard InChI is InChI=1S/C25H24N4O5S/c1-28-13-20-19-10-15(14-35(3,32)33)4-9-21(19)29(12-16-11-26-23(22(16)20)24(28)30)25(31)27-17-5-7-18(34-2)8-6-17/h4-11,13,26H,12,14H2,1-3H3,(H,27,31). The van der Waals surface area contributed by atoms with Gasteiger partial charge >= 0.3 is 6.03 Å². The molecule has 0 saturated heterocycles. The molecule has 0 spiro atoms. The van der Waals surface area contributed by atoms with E-state index in [1.165, 1.54) is 10.8 Å². The lowest BCUT2D eigenvalue weighted by atomic mass is 9.99. The Labute approximate surface area is 201 Å². The molecular formula is C25H24N4O5S. The van der Waals surface area contributed by atoms with E-state index in [0.29, 0.717) is 33.8 Å². The van der Waals surface area contributed by atoms with Crippen molar-refractivity contribution in [3.8, 4) is 16.9 Å². The average Bonchev–Trinajstić information content (AvgIpc) is 3.18. The van der Waals surface area contributed by atoms with Crippen LogP contribution in [0.4, 0.5) is 16.2 Å². The van der Waals surface area contributed by atoms with E-state index in [4.69, 9.17) is 4.74 Å². The van der Waals surface area contributed by atoms with Crippen LogP contribution < -0.4 is 20.5 Å². The molecule has 2 N–H and O–H groups in total. The number of hydrogen-bond donors (Lipinski definition) is 2. The van der Waals surface area contributed by atoms with Crippen molar-refractivity contribution < 1.29 is 17.9 Å². The molecule has 2 aromatic heterocycles. The molecule has 0 aliphatic carbocycles. The van der Waals surface area contributed by atoms with Crippen molar-refractivity contribution in [1.82, 2.24) is 9.55 Å². The Balaban J connectivity index is 1.66. The van der Waals surface area contributed by atoms with Crippen LogP contribution in [-0.2, 0) is 29.2 Å². The van der Waals surface area contributed by atoms with E-state index >= 15 is 0 Å². The van der Waals surface area contributed by atoms with Crippen LogP contribution in [0.2, 0.25) is 0 Å². The Bertz CT molecular complexity index is 1640. The van der Waals surface area contributed by atoms with Gasteiger partial charge in [-0.15, -0.1) is 0 Å². The smallest absolute Gasteiger partial charge is 0.326 e. The number of pyridine rings is 1. The van der Waals surface area contributed by atoms with Crippen molar-refractivity contribution in [3.05, 3.63) is 76.3 Å². The highest BCUT2D eigenvalue weighted by Gasteiger charge is 2.28. The number of methoxy groups -OCH3 is 1. The molecule has 4 aromatic rings. The first-order valence-corrected chi connectivity index (χ1v) is 12.9. The van der Waals surface area contributed by atoms with Crippen LogP contribution in [-0.4, -0.2) is 37.4 Å². The number of carbonyl (C=O) groups is 1. The third-order valence-electron chi connectivity index (χ3n) is 6.07. The van der Waals surface area contributed by atoms with Crippen molar-refractivity contribution in [2.75, 3.05) is 23.6 Å². The minimum absolute atomic E-state index is 0.132. The van der Waals surface area contributed by atoms with Gasteiger partial charge in [-0.3, -0.25) is 9.69 Å². The minimum atomic E-state index is -3.27. The molecule has 0 unspecified atom stereocenters. The highest BCUT2D eigenvalue weighted by atomic mass is 32.2. The van der Waals surface area contributed by atoms with Crippen molar-refractivity contribution in [3.63, 3.8) is 0 Å². The summed E-state index contributed by atoms with van der Waals surface area (Å²) in [5.41, 5.74) is 4.29. The number of aryl methyl sites for hydroxylation is 1. The summed E-state index contributed by atoms with van der Waals surface area (Å²) in [4.78, 5) is 30.9. The van der Waals surface area contributed by atoms with E-state index in [0.717, 1.165) is 16.5 Å². The number of carbonyl (C=O) groups excluding carboxylic acids is 1. The van der Waals surface area contributed by atoms with Gasteiger partial charge in [-0.2, -0.15) is 0 Å². The molecule has 2 amide bonds. The molecule has 5 rings (SSSR count). The molecule has 0 radical (unpaired) electrons. The van der Waals surface area contributed by atoms with E-state index in [1.54, 1.807) is 73.9 Å². The zero-order chi connectivity index (χ0) is 24.9. The second-order valence-electron chi connectivity index (χ2n) is 8.69. The van der Waals surface area contributed by atoms with Crippen molar-refractivity contribution >= 4 is 38.1 Å². The highest BCUT2D eigenvalue weighted by Crippen LogP contribution is 2.41. The number of amides is 2. The number of fused-ring (bicyclic) bond motifs is 2. The number of anilines is 2. The lowest BCUT2D eigenvalue weighted by molar-refractivity contribution is 0.256. The van der Waals surface area contributed by atoms with Gasteiger partial charge in [0.1, 0.15) is 11.3 Å². The number of H-pyrrole nitrogens is 1. The fourth-order valence-corrected chi connectivity index (χ4v) is 5.28. The molecule has 1 aliphatic heterocycles. The number of rotatable bonds is 4. The Morgan fingerprint density at radius 2 is 1.89 bits per heavy atom.